The highest BCUT2D eigenvalue weighted by Gasteiger charge is 2.22. The molecule has 118 valence electrons. The van der Waals surface area contributed by atoms with Crippen LogP contribution in [-0.2, 0) is 10.0 Å². The van der Waals surface area contributed by atoms with Gasteiger partial charge in [-0.25, -0.2) is 12.8 Å². The molecule has 0 saturated carbocycles. The van der Waals surface area contributed by atoms with Crippen LogP contribution >= 0.6 is 0 Å². The van der Waals surface area contributed by atoms with Crippen LogP contribution in [0.2, 0.25) is 0 Å². The molecule has 0 heterocycles. The van der Waals surface area contributed by atoms with Crippen LogP contribution in [0.4, 0.5) is 10.1 Å². The number of rotatable bonds is 5. The van der Waals surface area contributed by atoms with Crippen LogP contribution < -0.4 is 9.04 Å². The molecule has 0 aromatic heterocycles. The van der Waals surface area contributed by atoms with Crippen LogP contribution in [0.3, 0.4) is 0 Å². The van der Waals surface area contributed by atoms with Crippen molar-refractivity contribution in [3.05, 3.63) is 53.8 Å². The molecular weight excluding hydrogens is 305 g/mol. The molecule has 2 rings (SSSR count). The van der Waals surface area contributed by atoms with Gasteiger partial charge in [-0.1, -0.05) is 0 Å². The van der Waals surface area contributed by atoms with E-state index < -0.39 is 15.8 Å². The molecule has 0 radical (unpaired) electrons. The van der Waals surface area contributed by atoms with Gasteiger partial charge in [0, 0.05) is 7.05 Å². The van der Waals surface area contributed by atoms with Gasteiger partial charge in [0.05, 0.1) is 17.2 Å². The van der Waals surface area contributed by atoms with E-state index in [1.807, 2.05) is 6.92 Å². The van der Waals surface area contributed by atoms with Crippen molar-refractivity contribution in [2.75, 3.05) is 18.0 Å². The molecule has 0 spiro atoms. The van der Waals surface area contributed by atoms with Crippen LogP contribution in [-0.4, -0.2) is 22.1 Å². The van der Waals surface area contributed by atoms with E-state index in [4.69, 9.17) is 4.74 Å². The van der Waals surface area contributed by atoms with Gasteiger partial charge in [-0.3, -0.25) is 4.31 Å². The molecule has 6 heteroatoms. The summed E-state index contributed by atoms with van der Waals surface area (Å²) in [6.07, 6.45) is 0. The highest BCUT2D eigenvalue weighted by atomic mass is 32.2. The van der Waals surface area contributed by atoms with E-state index in [0.29, 0.717) is 18.0 Å². The Hall–Kier alpha value is -2.08. The van der Waals surface area contributed by atoms with Crippen LogP contribution in [0.1, 0.15) is 12.5 Å². The van der Waals surface area contributed by atoms with Crippen LogP contribution in [0.5, 0.6) is 5.75 Å². The molecule has 0 amide bonds. The van der Waals surface area contributed by atoms with E-state index in [-0.39, 0.29) is 4.90 Å². The van der Waals surface area contributed by atoms with Gasteiger partial charge in [-0.2, -0.15) is 0 Å². The van der Waals surface area contributed by atoms with Gasteiger partial charge in [0.2, 0.25) is 0 Å². The maximum atomic E-state index is 13.0. The number of nitrogens with zero attached hydrogens (tertiary/aromatic N) is 1. The van der Waals surface area contributed by atoms with Crippen molar-refractivity contribution in [3.63, 3.8) is 0 Å². The first-order valence-electron chi connectivity index (χ1n) is 6.84. The van der Waals surface area contributed by atoms with E-state index in [2.05, 4.69) is 0 Å². The minimum atomic E-state index is -3.70. The van der Waals surface area contributed by atoms with E-state index in [0.717, 1.165) is 9.87 Å². The summed E-state index contributed by atoms with van der Waals surface area (Å²) in [7, 11) is -2.26. The van der Waals surface area contributed by atoms with Gasteiger partial charge < -0.3 is 4.74 Å². The average molecular weight is 323 g/mol. The van der Waals surface area contributed by atoms with Crippen molar-refractivity contribution < 1.29 is 17.5 Å². The number of hydrogen-bond donors (Lipinski definition) is 0. The molecular formula is C16H18FNO3S. The summed E-state index contributed by atoms with van der Waals surface area (Å²) in [6.45, 7) is 4.18. The predicted molar refractivity (Wildman–Crippen MR) is 84.3 cm³/mol. The summed E-state index contributed by atoms with van der Waals surface area (Å²) in [5, 5.41) is 0. The molecule has 0 saturated heterocycles. The summed E-state index contributed by atoms with van der Waals surface area (Å²) in [4.78, 5) is 0.167. The van der Waals surface area contributed by atoms with Gasteiger partial charge >= 0.3 is 0 Å². The van der Waals surface area contributed by atoms with Crippen LogP contribution in [0.15, 0.2) is 47.4 Å². The van der Waals surface area contributed by atoms with Gasteiger partial charge in [0.25, 0.3) is 10.0 Å². The monoisotopic (exact) mass is 323 g/mol. The first-order valence-corrected chi connectivity index (χ1v) is 8.28. The molecule has 22 heavy (non-hydrogen) atoms. The zero-order valence-electron chi connectivity index (χ0n) is 12.7. The third-order valence-electron chi connectivity index (χ3n) is 3.29. The maximum absolute atomic E-state index is 13.0. The Kier molecular flexibility index (Phi) is 4.71. The molecule has 0 aliphatic rings. The number of halogens is 1. The predicted octanol–water partition coefficient (Wildman–Crippen LogP) is 3.36. The summed E-state index contributed by atoms with van der Waals surface area (Å²) in [5.41, 5.74) is 1.14. The normalized spacial score (nSPS) is 11.3. The second-order valence-corrected chi connectivity index (χ2v) is 6.78. The Bertz CT molecular complexity index is 757. The average Bonchev–Trinajstić information content (AvgIpc) is 2.49. The third kappa shape index (κ3) is 3.22. The molecule has 4 nitrogen and oxygen atoms in total. The van der Waals surface area contributed by atoms with Crippen molar-refractivity contribution in [2.24, 2.45) is 0 Å². The van der Waals surface area contributed by atoms with Crippen molar-refractivity contribution in [2.45, 2.75) is 18.7 Å². The molecule has 0 aliphatic carbocycles. The topological polar surface area (TPSA) is 46.6 Å². The number of aryl methyl sites for hydroxylation is 1. The Balaban J connectivity index is 2.37. The van der Waals surface area contributed by atoms with E-state index in [9.17, 15) is 12.8 Å². The Morgan fingerprint density at radius 3 is 2.32 bits per heavy atom. The molecule has 2 aromatic carbocycles. The van der Waals surface area contributed by atoms with Crippen molar-refractivity contribution in [3.8, 4) is 5.75 Å². The third-order valence-corrected chi connectivity index (χ3v) is 5.08. The van der Waals surface area contributed by atoms with Gasteiger partial charge in [-0.05, 0) is 61.9 Å². The minimum absolute atomic E-state index is 0.167. The highest BCUT2D eigenvalue weighted by molar-refractivity contribution is 7.92. The minimum Gasteiger partial charge on any atom is -0.494 e. The van der Waals surface area contributed by atoms with Gasteiger partial charge in [0.1, 0.15) is 11.6 Å². The molecule has 0 fully saturated rings. The van der Waals surface area contributed by atoms with E-state index in [1.54, 1.807) is 19.1 Å². The fourth-order valence-corrected chi connectivity index (χ4v) is 3.33. The van der Waals surface area contributed by atoms with E-state index in [1.165, 1.54) is 37.4 Å². The summed E-state index contributed by atoms with van der Waals surface area (Å²) >= 11 is 0. The van der Waals surface area contributed by atoms with Crippen molar-refractivity contribution in [1.29, 1.82) is 0 Å². The Morgan fingerprint density at radius 1 is 1.14 bits per heavy atom. The van der Waals surface area contributed by atoms with Crippen LogP contribution in [0.25, 0.3) is 0 Å². The van der Waals surface area contributed by atoms with E-state index >= 15 is 0 Å². The summed E-state index contributed by atoms with van der Waals surface area (Å²) in [5.74, 6) is 0.248. The van der Waals surface area contributed by atoms with Gasteiger partial charge in [0.15, 0.2) is 0 Å². The maximum Gasteiger partial charge on any atom is 0.264 e. The summed E-state index contributed by atoms with van der Waals surface area (Å²) < 4.78 is 44.8. The Morgan fingerprint density at radius 2 is 1.77 bits per heavy atom. The second-order valence-electron chi connectivity index (χ2n) is 4.81. The SMILES string of the molecule is CCOc1ccc(S(=O)(=O)N(C)c2ccc(F)cc2)cc1C. The zero-order valence-corrected chi connectivity index (χ0v) is 13.5. The number of ether oxygens (including phenoxy) is 1. The lowest BCUT2D eigenvalue weighted by Crippen LogP contribution is -2.26. The van der Waals surface area contributed by atoms with Crippen LogP contribution in [0, 0.1) is 12.7 Å². The first kappa shape index (κ1) is 16.3. The Labute approximate surface area is 130 Å². The lowest BCUT2D eigenvalue weighted by molar-refractivity contribution is 0.337. The number of hydrogen-bond acceptors (Lipinski definition) is 3. The number of benzene rings is 2. The fourth-order valence-electron chi connectivity index (χ4n) is 2.05. The van der Waals surface area contributed by atoms with Gasteiger partial charge in [-0.15, -0.1) is 0 Å². The summed E-state index contributed by atoms with van der Waals surface area (Å²) in [6, 6.07) is 10.0. The standard InChI is InChI=1S/C16H18FNO3S/c1-4-21-16-10-9-15(11-12(16)2)22(19,20)18(3)14-7-5-13(17)6-8-14/h5-11H,4H2,1-3H3. The van der Waals surface area contributed by atoms with Crippen molar-refractivity contribution in [1.82, 2.24) is 0 Å². The lowest BCUT2D eigenvalue weighted by Gasteiger charge is -2.20. The first-order chi connectivity index (χ1) is 10.4. The quantitative estimate of drug-likeness (QED) is 0.847. The molecule has 0 atom stereocenters. The smallest absolute Gasteiger partial charge is 0.264 e. The second kappa shape index (κ2) is 6.36. The molecule has 0 aliphatic heterocycles. The fraction of sp³-hybridized carbons (Fsp3) is 0.250. The molecule has 2 aromatic rings. The largest absolute Gasteiger partial charge is 0.494 e. The molecule has 0 unspecified atom stereocenters. The number of sulfonamides is 1. The highest BCUT2D eigenvalue weighted by Crippen LogP contribution is 2.26. The van der Waals surface area contributed by atoms with Crippen molar-refractivity contribution >= 4 is 15.7 Å². The molecule has 0 N–H and O–H groups in total. The zero-order chi connectivity index (χ0) is 16.3. The lowest BCUT2D eigenvalue weighted by atomic mass is 10.2. The molecule has 0 bridgehead atoms. The number of anilines is 1.